The Hall–Kier alpha value is -1.87. The molecule has 0 spiro atoms. The highest BCUT2D eigenvalue weighted by atomic mass is 16.6. The standard InChI is InChI=1S/C20H33N3O6/c1-20(2,3)29-19(26)22-8-9-23(18(25)16-7-5-11-28-16)14(13-22)12-21-17(24)15-6-4-10-27-15/h14-16H,4-13H2,1-3H3,(H,21,24)/t14-,15-,16+/m1/s1. The van der Waals surface area contributed by atoms with Gasteiger partial charge in [-0.2, -0.15) is 0 Å². The molecule has 0 unspecified atom stereocenters. The van der Waals surface area contributed by atoms with Gasteiger partial charge in [0.15, 0.2) is 0 Å². The van der Waals surface area contributed by atoms with Crippen LogP contribution in [0, 0.1) is 0 Å². The molecule has 164 valence electrons. The fraction of sp³-hybridized carbons (Fsp3) is 0.850. The van der Waals surface area contributed by atoms with Gasteiger partial charge in [-0.1, -0.05) is 0 Å². The highest BCUT2D eigenvalue weighted by Gasteiger charge is 2.38. The number of piperazine rings is 1. The van der Waals surface area contributed by atoms with Crippen molar-refractivity contribution in [3.63, 3.8) is 0 Å². The summed E-state index contributed by atoms with van der Waals surface area (Å²) in [6.45, 7) is 7.99. The van der Waals surface area contributed by atoms with Crippen molar-refractivity contribution in [2.24, 2.45) is 0 Å². The highest BCUT2D eigenvalue weighted by Crippen LogP contribution is 2.20. The number of ether oxygens (including phenoxy) is 3. The minimum Gasteiger partial charge on any atom is -0.444 e. The van der Waals surface area contributed by atoms with Crippen LogP contribution in [0.2, 0.25) is 0 Å². The van der Waals surface area contributed by atoms with Crippen LogP contribution in [0.4, 0.5) is 4.79 Å². The number of carbonyl (C=O) groups is 3. The Kier molecular flexibility index (Phi) is 7.00. The van der Waals surface area contributed by atoms with Crippen molar-refractivity contribution in [1.82, 2.24) is 15.1 Å². The molecule has 1 N–H and O–H groups in total. The summed E-state index contributed by atoms with van der Waals surface area (Å²) < 4.78 is 16.5. The van der Waals surface area contributed by atoms with Gasteiger partial charge in [0.1, 0.15) is 17.8 Å². The Bertz CT molecular complexity index is 608. The molecule has 3 heterocycles. The van der Waals surface area contributed by atoms with Gasteiger partial charge >= 0.3 is 6.09 Å². The van der Waals surface area contributed by atoms with E-state index in [0.29, 0.717) is 45.7 Å². The van der Waals surface area contributed by atoms with Gasteiger partial charge in [-0.15, -0.1) is 0 Å². The summed E-state index contributed by atoms with van der Waals surface area (Å²) in [5, 5.41) is 2.90. The molecule has 0 saturated carbocycles. The van der Waals surface area contributed by atoms with Crippen LogP contribution in [0.15, 0.2) is 0 Å². The van der Waals surface area contributed by atoms with E-state index in [0.717, 1.165) is 12.8 Å². The maximum Gasteiger partial charge on any atom is 0.410 e. The minimum absolute atomic E-state index is 0.0669. The van der Waals surface area contributed by atoms with Crippen LogP contribution in [-0.2, 0) is 23.8 Å². The first kappa shape index (κ1) is 21.8. The smallest absolute Gasteiger partial charge is 0.410 e. The summed E-state index contributed by atoms with van der Waals surface area (Å²) in [6, 6.07) is -0.335. The molecule has 0 aliphatic carbocycles. The number of hydrogen-bond donors (Lipinski definition) is 1. The van der Waals surface area contributed by atoms with Crippen LogP contribution in [-0.4, -0.2) is 91.0 Å². The zero-order valence-electron chi connectivity index (χ0n) is 17.6. The average Bonchev–Trinajstić information content (AvgIpc) is 3.37. The number of nitrogens with zero attached hydrogens (tertiary/aromatic N) is 2. The van der Waals surface area contributed by atoms with E-state index in [9.17, 15) is 14.4 Å². The first-order chi connectivity index (χ1) is 13.7. The first-order valence-electron chi connectivity index (χ1n) is 10.5. The molecule has 3 amide bonds. The molecule has 0 aromatic rings. The number of nitrogens with one attached hydrogen (secondary N) is 1. The Morgan fingerprint density at radius 3 is 2.28 bits per heavy atom. The third-order valence-corrected chi connectivity index (χ3v) is 5.36. The Balaban J connectivity index is 1.64. The van der Waals surface area contributed by atoms with Crippen molar-refractivity contribution in [2.45, 2.75) is 70.3 Å². The van der Waals surface area contributed by atoms with Crippen LogP contribution in [0.3, 0.4) is 0 Å². The molecule has 3 rings (SSSR count). The molecule has 29 heavy (non-hydrogen) atoms. The second-order valence-corrected chi connectivity index (χ2v) is 8.86. The van der Waals surface area contributed by atoms with Crippen LogP contribution in [0.1, 0.15) is 46.5 Å². The van der Waals surface area contributed by atoms with E-state index in [1.54, 1.807) is 9.80 Å². The predicted octanol–water partition coefficient (Wildman–Crippen LogP) is 0.909. The van der Waals surface area contributed by atoms with Crippen LogP contribution in [0.5, 0.6) is 0 Å². The number of carbonyl (C=O) groups excluding carboxylic acids is 3. The molecule has 3 fully saturated rings. The SMILES string of the molecule is CC(C)(C)OC(=O)N1CCN(C(=O)[C@@H]2CCCO2)[C@H](CNC(=O)[C@H]2CCCO2)C1. The second kappa shape index (κ2) is 9.30. The van der Waals surface area contributed by atoms with E-state index >= 15 is 0 Å². The van der Waals surface area contributed by atoms with Gasteiger partial charge in [0.05, 0.1) is 6.04 Å². The fourth-order valence-corrected chi connectivity index (χ4v) is 3.89. The monoisotopic (exact) mass is 411 g/mol. The van der Waals surface area contributed by atoms with Crippen molar-refractivity contribution in [3.05, 3.63) is 0 Å². The molecular formula is C20H33N3O6. The topological polar surface area (TPSA) is 97.4 Å². The maximum atomic E-state index is 12.9. The molecule has 3 atom stereocenters. The molecular weight excluding hydrogens is 378 g/mol. The van der Waals surface area contributed by atoms with Gasteiger partial charge < -0.3 is 29.3 Å². The molecule has 9 heteroatoms. The third-order valence-electron chi connectivity index (χ3n) is 5.36. The van der Waals surface area contributed by atoms with Gasteiger partial charge in [-0.3, -0.25) is 9.59 Å². The van der Waals surface area contributed by atoms with Crippen LogP contribution < -0.4 is 5.32 Å². The summed E-state index contributed by atoms with van der Waals surface area (Å²) in [4.78, 5) is 41.2. The third kappa shape index (κ3) is 5.82. The van der Waals surface area contributed by atoms with Crippen molar-refractivity contribution in [2.75, 3.05) is 39.4 Å². The number of hydrogen-bond acceptors (Lipinski definition) is 6. The molecule has 3 aliphatic rings. The van der Waals surface area contributed by atoms with Gasteiger partial charge in [0.2, 0.25) is 5.91 Å². The fourth-order valence-electron chi connectivity index (χ4n) is 3.89. The largest absolute Gasteiger partial charge is 0.444 e. The molecule has 0 aromatic heterocycles. The lowest BCUT2D eigenvalue weighted by Gasteiger charge is -2.42. The predicted molar refractivity (Wildman–Crippen MR) is 104 cm³/mol. The van der Waals surface area contributed by atoms with Crippen molar-refractivity contribution in [1.29, 1.82) is 0 Å². The van der Waals surface area contributed by atoms with Crippen molar-refractivity contribution in [3.8, 4) is 0 Å². The normalized spacial score (nSPS) is 27.8. The molecule has 3 saturated heterocycles. The summed E-state index contributed by atoms with van der Waals surface area (Å²) in [5.74, 6) is -0.232. The number of amides is 3. The lowest BCUT2D eigenvalue weighted by Crippen LogP contribution is -2.62. The minimum atomic E-state index is -0.592. The summed E-state index contributed by atoms with van der Waals surface area (Å²) >= 11 is 0. The molecule has 0 aromatic carbocycles. The molecule has 0 bridgehead atoms. The van der Waals surface area contributed by atoms with Crippen LogP contribution in [0.25, 0.3) is 0 Å². The van der Waals surface area contributed by atoms with E-state index in [1.165, 1.54) is 0 Å². The average molecular weight is 411 g/mol. The zero-order chi connectivity index (χ0) is 21.0. The molecule has 0 radical (unpaired) electrons. The Labute approximate surface area is 172 Å². The lowest BCUT2D eigenvalue weighted by atomic mass is 10.1. The lowest BCUT2D eigenvalue weighted by molar-refractivity contribution is -0.146. The van der Waals surface area contributed by atoms with E-state index in [2.05, 4.69) is 5.32 Å². The number of rotatable bonds is 4. The molecule has 3 aliphatic heterocycles. The van der Waals surface area contributed by atoms with Gasteiger partial charge in [-0.25, -0.2) is 4.79 Å². The van der Waals surface area contributed by atoms with E-state index in [1.807, 2.05) is 20.8 Å². The second-order valence-electron chi connectivity index (χ2n) is 8.86. The summed E-state index contributed by atoms with van der Waals surface area (Å²) in [6.07, 6.45) is 1.89. The highest BCUT2D eigenvalue weighted by molar-refractivity contribution is 5.83. The van der Waals surface area contributed by atoms with Gasteiger partial charge in [0.25, 0.3) is 5.91 Å². The Morgan fingerprint density at radius 2 is 1.69 bits per heavy atom. The zero-order valence-corrected chi connectivity index (χ0v) is 17.6. The van der Waals surface area contributed by atoms with Crippen molar-refractivity contribution >= 4 is 17.9 Å². The van der Waals surface area contributed by atoms with E-state index < -0.39 is 23.9 Å². The van der Waals surface area contributed by atoms with Gasteiger partial charge in [-0.05, 0) is 46.5 Å². The summed E-state index contributed by atoms with van der Waals surface area (Å²) in [7, 11) is 0. The molecule has 9 nitrogen and oxygen atoms in total. The maximum absolute atomic E-state index is 12.9. The van der Waals surface area contributed by atoms with Gasteiger partial charge in [0, 0.05) is 39.4 Å². The van der Waals surface area contributed by atoms with Crippen LogP contribution >= 0.6 is 0 Å². The van der Waals surface area contributed by atoms with Crippen molar-refractivity contribution < 1.29 is 28.6 Å². The Morgan fingerprint density at radius 1 is 1.03 bits per heavy atom. The summed E-state index contributed by atoms with van der Waals surface area (Å²) in [5.41, 5.74) is -0.592. The first-order valence-corrected chi connectivity index (χ1v) is 10.5. The van der Waals surface area contributed by atoms with E-state index in [4.69, 9.17) is 14.2 Å². The quantitative estimate of drug-likeness (QED) is 0.739. The van der Waals surface area contributed by atoms with E-state index in [-0.39, 0.29) is 24.4 Å².